The summed E-state index contributed by atoms with van der Waals surface area (Å²) >= 11 is 0. The fourth-order valence-corrected chi connectivity index (χ4v) is 0.200. The molecule has 0 aliphatic rings. The minimum atomic E-state index is -4.01. The average molecular weight is 257 g/mol. The van der Waals surface area contributed by atoms with Crippen molar-refractivity contribution in [2.75, 3.05) is 0 Å². The van der Waals surface area contributed by atoms with E-state index in [1.54, 1.807) is 0 Å². The summed E-state index contributed by atoms with van der Waals surface area (Å²) in [5.41, 5.74) is 0. The van der Waals surface area contributed by atoms with Gasteiger partial charge in [-0.3, -0.25) is 0 Å². The van der Waals surface area contributed by atoms with Crippen molar-refractivity contribution in [3.63, 3.8) is 0 Å². The average Bonchev–Trinajstić information content (AvgIpc) is 1.30. The van der Waals surface area contributed by atoms with Crippen molar-refractivity contribution in [3.05, 3.63) is 6.92 Å². The number of rotatable bonds is 1. The summed E-state index contributed by atoms with van der Waals surface area (Å²) in [5, 5.41) is 0. The van der Waals surface area contributed by atoms with Crippen LogP contribution in [0.1, 0.15) is 12.8 Å². The summed E-state index contributed by atoms with van der Waals surface area (Å²) in [6.45, 7) is 3.05. The van der Waals surface area contributed by atoms with E-state index in [4.69, 9.17) is 0 Å². The normalized spacial score (nSPS) is 9.33. The van der Waals surface area contributed by atoms with Crippen LogP contribution in [-0.2, 0) is 19.5 Å². The van der Waals surface area contributed by atoms with Gasteiger partial charge in [0.05, 0.1) is 0 Å². The number of halogens is 4. The molecule has 0 aromatic heterocycles. The van der Waals surface area contributed by atoms with E-state index < -0.39 is 12.6 Å². The third-order valence-corrected chi connectivity index (χ3v) is 0.460. The summed E-state index contributed by atoms with van der Waals surface area (Å²) < 4.78 is 33.0. The minimum absolute atomic E-state index is 0. The first-order valence-corrected chi connectivity index (χ1v) is 1.92. The molecular formula is C4H7BrF3Zn-. The molecule has 0 amide bonds. The quantitative estimate of drug-likeness (QED) is 0.500. The van der Waals surface area contributed by atoms with E-state index in [-0.39, 0.29) is 42.9 Å². The summed E-state index contributed by atoms with van der Waals surface area (Å²) in [6.07, 6.45) is -4.85. The molecule has 0 N–H and O–H groups in total. The molecule has 0 heterocycles. The molecule has 0 bridgehead atoms. The molecule has 0 atom stereocenters. The predicted octanol–water partition coefficient (Wildman–Crippen LogP) is 2.74. The fourth-order valence-electron chi connectivity index (χ4n) is 0.200. The van der Waals surface area contributed by atoms with Crippen molar-refractivity contribution in [3.8, 4) is 0 Å². The molecule has 54 valence electrons. The molecule has 0 aromatic carbocycles. The van der Waals surface area contributed by atoms with Gasteiger partial charge in [-0.2, -0.15) is 19.6 Å². The van der Waals surface area contributed by atoms with Crippen molar-refractivity contribution >= 4 is 17.0 Å². The molecule has 0 radical (unpaired) electrons. The van der Waals surface area contributed by atoms with E-state index in [9.17, 15) is 13.2 Å². The first kappa shape index (κ1) is 16.5. The van der Waals surface area contributed by atoms with Crippen LogP contribution in [0.4, 0.5) is 13.2 Å². The molecule has 0 saturated carbocycles. The van der Waals surface area contributed by atoms with Gasteiger partial charge >= 0.3 is 6.18 Å². The van der Waals surface area contributed by atoms with E-state index in [1.807, 2.05) is 0 Å². The van der Waals surface area contributed by atoms with E-state index in [0.29, 0.717) is 0 Å². The van der Waals surface area contributed by atoms with Gasteiger partial charge in [0.2, 0.25) is 0 Å². The second-order valence-corrected chi connectivity index (χ2v) is 1.22. The second-order valence-electron chi connectivity index (χ2n) is 1.22. The minimum Gasteiger partial charge on any atom is -0.343 e. The largest absolute Gasteiger partial charge is 0.386 e. The molecule has 0 nitrogen and oxygen atoms in total. The Hall–Kier alpha value is 0.893. The van der Waals surface area contributed by atoms with E-state index in [0.717, 1.165) is 0 Å². The molecular weight excluding hydrogens is 250 g/mol. The van der Waals surface area contributed by atoms with Gasteiger partial charge in [-0.05, 0) is 0 Å². The molecule has 0 fully saturated rings. The van der Waals surface area contributed by atoms with Gasteiger partial charge < -0.3 is 6.92 Å². The molecule has 9 heavy (non-hydrogen) atoms. The number of hydrogen-bond acceptors (Lipinski definition) is 0. The summed E-state index contributed by atoms with van der Waals surface area (Å²) in [7, 11) is 0. The van der Waals surface area contributed by atoms with Crippen molar-refractivity contribution in [1.82, 2.24) is 0 Å². The first-order chi connectivity index (χ1) is 3.06. The van der Waals surface area contributed by atoms with Gasteiger partial charge in [0, 0.05) is 25.9 Å². The SMILES string of the molecule is Br.[CH2-]CCC(F)(F)F.[Zn]. The maximum Gasteiger partial charge on any atom is 0.386 e. The van der Waals surface area contributed by atoms with E-state index in [1.165, 1.54) is 0 Å². The maximum absolute atomic E-state index is 11.0. The Labute approximate surface area is 75.7 Å². The molecule has 0 unspecified atom stereocenters. The topological polar surface area (TPSA) is 0 Å². The predicted molar refractivity (Wildman–Crippen MR) is 31.0 cm³/mol. The Morgan fingerprint density at radius 2 is 1.56 bits per heavy atom. The maximum atomic E-state index is 11.0. The zero-order valence-corrected chi connectivity index (χ0v) is 9.55. The van der Waals surface area contributed by atoms with E-state index >= 15 is 0 Å². The molecule has 0 aliphatic heterocycles. The van der Waals surface area contributed by atoms with Gasteiger partial charge in [0.1, 0.15) is 0 Å². The Balaban J connectivity index is -0.000000180. The van der Waals surface area contributed by atoms with Crippen LogP contribution in [-0.4, -0.2) is 6.18 Å². The van der Waals surface area contributed by atoms with Gasteiger partial charge in [-0.1, -0.05) is 0 Å². The molecule has 0 rings (SSSR count). The number of alkyl halides is 3. The molecule has 0 aliphatic carbocycles. The third-order valence-electron chi connectivity index (χ3n) is 0.460. The fraction of sp³-hybridized carbons (Fsp3) is 0.750. The van der Waals surface area contributed by atoms with Crippen LogP contribution in [0.15, 0.2) is 0 Å². The van der Waals surface area contributed by atoms with Crippen LogP contribution in [0.3, 0.4) is 0 Å². The van der Waals surface area contributed by atoms with E-state index in [2.05, 4.69) is 6.92 Å². The standard InChI is InChI=1S/C4H6F3.BrH.Zn/c1-2-3-4(5,6)7;;/h1-3H2;1H;/q-1;;. The first-order valence-electron chi connectivity index (χ1n) is 1.92. The second kappa shape index (κ2) is 7.01. The van der Waals surface area contributed by atoms with Crippen LogP contribution in [0.2, 0.25) is 0 Å². The molecule has 0 saturated heterocycles. The Morgan fingerprint density at radius 3 is 1.56 bits per heavy atom. The Bertz CT molecular complexity index is 54.3. The zero-order valence-electron chi connectivity index (χ0n) is 4.87. The van der Waals surface area contributed by atoms with Gasteiger partial charge in [-0.25, -0.2) is 0 Å². The number of hydrogen-bond donors (Lipinski definition) is 0. The summed E-state index contributed by atoms with van der Waals surface area (Å²) in [6, 6.07) is 0. The van der Waals surface area contributed by atoms with Gasteiger partial charge in [-0.15, -0.1) is 17.0 Å². The third kappa shape index (κ3) is 17.6. The van der Waals surface area contributed by atoms with Crippen LogP contribution in [0, 0.1) is 6.92 Å². The van der Waals surface area contributed by atoms with Gasteiger partial charge in [0.25, 0.3) is 0 Å². The van der Waals surface area contributed by atoms with Crippen LogP contribution in [0.25, 0.3) is 0 Å². The zero-order chi connectivity index (χ0) is 5.91. The Morgan fingerprint density at radius 1 is 1.22 bits per heavy atom. The van der Waals surface area contributed by atoms with Crippen molar-refractivity contribution in [2.45, 2.75) is 19.0 Å². The van der Waals surface area contributed by atoms with Crippen LogP contribution >= 0.6 is 17.0 Å². The molecule has 0 aromatic rings. The van der Waals surface area contributed by atoms with Crippen molar-refractivity contribution in [2.24, 2.45) is 0 Å². The van der Waals surface area contributed by atoms with Crippen LogP contribution < -0.4 is 0 Å². The summed E-state index contributed by atoms with van der Waals surface area (Å²) in [4.78, 5) is 0. The summed E-state index contributed by atoms with van der Waals surface area (Å²) in [5.74, 6) is 0. The van der Waals surface area contributed by atoms with Crippen molar-refractivity contribution in [1.29, 1.82) is 0 Å². The smallest absolute Gasteiger partial charge is 0.343 e. The van der Waals surface area contributed by atoms with Gasteiger partial charge in [0.15, 0.2) is 0 Å². The molecule has 5 heteroatoms. The Kier molecular flexibility index (Phi) is 12.8. The molecule has 0 spiro atoms. The van der Waals surface area contributed by atoms with Crippen LogP contribution in [0.5, 0.6) is 0 Å². The van der Waals surface area contributed by atoms with Crippen molar-refractivity contribution < 1.29 is 32.6 Å². The monoisotopic (exact) mass is 255 g/mol.